The molecule has 0 spiro atoms. The number of amides is 3. The number of carbonyl (C=O) groups is 2. The Kier molecular flexibility index (Phi) is 5.50. The van der Waals surface area contributed by atoms with E-state index in [1.165, 1.54) is 0 Å². The van der Waals surface area contributed by atoms with Crippen molar-refractivity contribution in [2.45, 2.75) is 18.9 Å². The first-order valence-corrected chi connectivity index (χ1v) is 10.2. The normalized spacial score (nSPS) is 20.2. The van der Waals surface area contributed by atoms with Crippen molar-refractivity contribution in [1.82, 2.24) is 10.6 Å². The first kappa shape index (κ1) is 18.3. The molecule has 1 aromatic carbocycles. The maximum Gasteiger partial charge on any atom is 0.315 e. The molecule has 10 heteroatoms. The van der Waals surface area contributed by atoms with E-state index in [1.807, 2.05) is 0 Å². The van der Waals surface area contributed by atoms with Gasteiger partial charge in [-0.25, -0.2) is 13.2 Å². The van der Waals surface area contributed by atoms with Crippen molar-refractivity contribution in [3.63, 3.8) is 0 Å². The molecule has 2 aliphatic heterocycles. The molecular weight excluding hydrogens is 362 g/mol. The van der Waals surface area contributed by atoms with Gasteiger partial charge in [0.05, 0.1) is 11.5 Å². The van der Waals surface area contributed by atoms with Crippen LogP contribution in [-0.2, 0) is 14.6 Å². The number of rotatable bonds is 5. The van der Waals surface area contributed by atoms with Gasteiger partial charge in [0.2, 0.25) is 5.91 Å². The van der Waals surface area contributed by atoms with Gasteiger partial charge in [-0.3, -0.25) is 4.79 Å². The summed E-state index contributed by atoms with van der Waals surface area (Å²) in [7, 11) is -3.04. The Morgan fingerprint density at radius 1 is 1.15 bits per heavy atom. The molecule has 3 rings (SSSR count). The molecule has 142 valence electrons. The zero-order chi connectivity index (χ0) is 18.6. The molecule has 0 saturated carbocycles. The summed E-state index contributed by atoms with van der Waals surface area (Å²) < 4.78 is 33.6. The van der Waals surface area contributed by atoms with Crippen LogP contribution in [-0.4, -0.2) is 57.7 Å². The van der Waals surface area contributed by atoms with Crippen molar-refractivity contribution in [2.75, 3.05) is 36.6 Å². The van der Waals surface area contributed by atoms with Crippen LogP contribution in [0.5, 0.6) is 11.5 Å². The molecule has 1 atom stereocenters. The smallest absolute Gasteiger partial charge is 0.315 e. The Labute approximate surface area is 151 Å². The molecular formula is C16H21N3O6S. The van der Waals surface area contributed by atoms with E-state index in [1.54, 1.807) is 18.2 Å². The fourth-order valence-corrected chi connectivity index (χ4v) is 4.45. The van der Waals surface area contributed by atoms with Gasteiger partial charge in [-0.1, -0.05) is 0 Å². The summed E-state index contributed by atoms with van der Waals surface area (Å²) in [6, 6.07) is 4.29. The van der Waals surface area contributed by atoms with E-state index in [2.05, 4.69) is 16.0 Å². The second-order valence-electron chi connectivity index (χ2n) is 6.16. The van der Waals surface area contributed by atoms with E-state index in [9.17, 15) is 18.0 Å². The zero-order valence-corrected chi connectivity index (χ0v) is 14.9. The fraction of sp³-hybridized carbons (Fsp3) is 0.500. The van der Waals surface area contributed by atoms with Gasteiger partial charge >= 0.3 is 6.03 Å². The van der Waals surface area contributed by atoms with Gasteiger partial charge in [-0.2, -0.15) is 0 Å². The number of fused-ring (bicyclic) bond motifs is 1. The molecule has 0 radical (unpaired) electrons. The van der Waals surface area contributed by atoms with E-state index in [0.717, 1.165) is 0 Å². The number of hydrogen-bond acceptors (Lipinski definition) is 6. The number of anilines is 1. The molecule has 26 heavy (non-hydrogen) atoms. The van der Waals surface area contributed by atoms with Crippen molar-refractivity contribution in [3.8, 4) is 11.5 Å². The average molecular weight is 383 g/mol. The number of nitrogens with one attached hydrogen (secondary N) is 3. The Morgan fingerprint density at radius 3 is 2.65 bits per heavy atom. The van der Waals surface area contributed by atoms with Gasteiger partial charge in [0, 0.05) is 30.8 Å². The molecule has 2 heterocycles. The second-order valence-corrected chi connectivity index (χ2v) is 8.39. The monoisotopic (exact) mass is 383 g/mol. The largest absolute Gasteiger partial charge is 0.486 e. The van der Waals surface area contributed by atoms with E-state index >= 15 is 0 Å². The molecule has 1 saturated heterocycles. The molecule has 2 aliphatic rings. The summed E-state index contributed by atoms with van der Waals surface area (Å²) in [6.07, 6.45) is 0.505. The summed E-state index contributed by atoms with van der Waals surface area (Å²) in [5.74, 6) is 1.02. The third-order valence-electron chi connectivity index (χ3n) is 4.03. The minimum atomic E-state index is -3.04. The fourth-order valence-electron chi connectivity index (χ4n) is 2.78. The highest BCUT2D eigenvalue weighted by molar-refractivity contribution is 7.91. The van der Waals surface area contributed by atoms with Crippen LogP contribution in [0.2, 0.25) is 0 Å². The lowest BCUT2D eigenvalue weighted by Crippen LogP contribution is -2.43. The molecule has 3 amide bonds. The van der Waals surface area contributed by atoms with Crippen LogP contribution in [0.1, 0.15) is 12.8 Å². The molecule has 1 unspecified atom stereocenters. The molecule has 3 N–H and O–H groups in total. The van der Waals surface area contributed by atoms with Crippen molar-refractivity contribution < 1.29 is 27.5 Å². The lowest BCUT2D eigenvalue weighted by Gasteiger charge is -2.19. The first-order valence-electron chi connectivity index (χ1n) is 8.35. The maximum absolute atomic E-state index is 12.0. The highest BCUT2D eigenvalue weighted by Crippen LogP contribution is 2.32. The average Bonchev–Trinajstić information content (AvgIpc) is 2.93. The molecule has 1 aromatic rings. The standard InChI is InChI=1S/C16H21N3O6S/c20-15(18-11-1-2-13-14(9-11)25-7-6-24-13)3-5-17-16(21)19-12-4-8-26(22,23)10-12/h1-2,9,12H,3-8,10H2,(H,18,20)(H2,17,19,21). The topological polar surface area (TPSA) is 123 Å². The van der Waals surface area contributed by atoms with Crippen LogP contribution in [0.25, 0.3) is 0 Å². The number of sulfone groups is 1. The summed E-state index contributed by atoms with van der Waals surface area (Å²) in [5.41, 5.74) is 0.583. The zero-order valence-electron chi connectivity index (χ0n) is 14.1. The minimum absolute atomic E-state index is 0.0367. The Bertz CT molecular complexity index is 795. The Balaban J connectivity index is 1.38. The van der Waals surface area contributed by atoms with Crippen molar-refractivity contribution in [1.29, 1.82) is 0 Å². The predicted molar refractivity (Wildman–Crippen MR) is 94.3 cm³/mol. The lowest BCUT2D eigenvalue weighted by atomic mass is 10.2. The Hall–Kier alpha value is -2.49. The predicted octanol–water partition coefficient (Wildman–Crippen LogP) is 0.273. The van der Waals surface area contributed by atoms with Crippen LogP contribution in [0.4, 0.5) is 10.5 Å². The summed E-state index contributed by atoms with van der Waals surface area (Å²) in [5, 5.41) is 7.88. The number of benzene rings is 1. The molecule has 1 fully saturated rings. The summed E-state index contributed by atoms with van der Waals surface area (Å²) >= 11 is 0. The molecule has 0 aliphatic carbocycles. The van der Waals surface area contributed by atoms with Crippen LogP contribution >= 0.6 is 0 Å². The van der Waals surface area contributed by atoms with Gasteiger partial charge in [0.1, 0.15) is 13.2 Å². The van der Waals surface area contributed by atoms with Gasteiger partial charge in [0.15, 0.2) is 21.3 Å². The number of carbonyl (C=O) groups excluding carboxylic acids is 2. The van der Waals surface area contributed by atoms with Gasteiger partial charge in [-0.15, -0.1) is 0 Å². The van der Waals surface area contributed by atoms with Crippen molar-refractivity contribution in [2.24, 2.45) is 0 Å². The quantitative estimate of drug-likeness (QED) is 0.671. The summed E-state index contributed by atoms with van der Waals surface area (Å²) in [6.45, 7) is 1.10. The van der Waals surface area contributed by atoms with E-state index in [0.29, 0.717) is 36.8 Å². The van der Waals surface area contributed by atoms with E-state index in [4.69, 9.17) is 9.47 Å². The third kappa shape index (κ3) is 5.01. The van der Waals surface area contributed by atoms with Crippen LogP contribution in [0.15, 0.2) is 18.2 Å². The van der Waals surface area contributed by atoms with Crippen LogP contribution in [0.3, 0.4) is 0 Å². The maximum atomic E-state index is 12.0. The number of ether oxygens (including phenoxy) is 2. The van der Waals surface area contributed by atoms with Gasteiger partial charge in [0.25, 0.3) is 0 Å². The van der Waals surface area contributed by atoms with Crippen LogP contribution < -0.4 is 25.4 Å². The Morgan fingerprint density at radius 2 is 1.92 bits per heavy atom. The highest BCUT2D eigenvalue weighted by Gasteiger charge is 2.28. The minimum Gasteiger partial charge on any atom is -0.486 e. The van der Waals surface area contributed by atoms with E-state index in [-0.39, 0.29) is 36.4 Å². The van der Waals surface area contributed by atoms with E-state index < -0.39 is 15.9 Å². The van der Waals surface area contributed by atoms with Gasteiger partial charge < -0.3 is 25.4 Å². The van der Waals surface area contributed by atoms with Crippen molar-refractivity contribution >= 4 is 27.5 Å². The lowest BCUT2D eigenvalue weighted by molar-refractivity contribution is -0.116. The molecule has 0 aromatic heterocycles. The summed E-state index contributed by atoms with van der Waals surface area (Å²) in [4.78, 5) is 23.7. The highest BCUT2D eigenvalue weighted by atomic mass is 32.2. The van der Waals surface area contributed by atoms with Crippen LogP contribution in [0, 0.1) is 0 Å². The second kappa shape index (κ2) is 7.81. The first-order chi connectivity index (χ1) is 12.4. The van der Waals surface area contributed by atoms with Crippen molar-refractivity contribution in [3.05, 3.63) is 18.2 Å². The SMILES string of the molecule is O=C(CCNC(=O)NC1CCS(=O)(=O)C1)Nc1ccc2c(c1)OCCO2. The molecule has 9 nitrogen and oxygen atoms in total. The number of hydrogen-bond donors (Lipinski definition) is 3. The van der Waals surface area contributed by atoms with Gasteiger partial charge in [-0.05, 0) is 18.6 Å². The third-order valence-corrected chi connectivity index (χ3v) is 5.80. The number of urea groups is 1. The molecule has 0 bridgehead atoms.